The summed E-state index contributed by atoms with van der Waals surface area (Å²) in [7, 11) is 1.89. The highest BCUT2D eigenvalue weighted by Gasteiger charge is 2.56. The van der Waals surface area contributed by atoms with Crippen LogP contribution < -0.4 is 4.90 Å². The van der Waals surface area contributed by atoms with Crippen LogP contribution in [-0.4, -0.2) is 39.9 Å². The molecule has 1 aromatic carbocycles. The Morgan fingerprint density at radius 2 is 1.81 bits per heavy atom. The van der Waals surface area contributed by atoms with Gasteiger partial charge in [0, 0.05) is 30.6 Å². The number of nitrogens with one attached hydrogen (secondary N) is 1. The summed E-state index contributed by atoms with van der Waals surface area (Å²) in [4.78, 5) is 9.28. The van der Waals surface area contributed by atoms with Crippen molar-refractivity contribution in [1.82, 2.24) is 9.97 Å². The number of alkyl halides is 3. The number of rotatable bonds is 7. The van der Waals surface area contributed by atoms with Crippen LogP contribution in [0.4, 0.5) is 23.4 Å². The smallest absolute Gasteiger partial charge is 0.380 e. The number of hydrogen-bond donors (Lipinski definition) is 2. The van der Waals surface area contributed by atoms with Gasteiger partial charge in [0.2, 0.25) is 0 Å². The Hall–Kier alpha value is -2.61. The first-order chi connectivity index (χ1) is 14.7. The van der Waals surface area contributed by atoms with E-state index < -0.39 is 35.9 Å². The molecule has 0 fully saturated rings. The van der Waals surface area contributed by atoms with Crippen LogP contribution in [0.15, 0.2) is 42.6 Å². The van der Waals surface area contributed by atoms with Gasteiger partial charge in [0.05, 0.1) is 11.7 Å². The van der Waals surface area contributed by atoms with E-state index in [4.69, 9.17) is 0 Å². The molecule has 0 saturated heterocycles. The van der Waals surface area contributed by atoms with E-state index in [0.29, 0.717) is 22.3 Å². The van der Waals surface area contributed by atoms with Crippen molar-refractivity contribution in [2.24, 2.45) is 0 Å². The van der Waals surface area contributed by atoms with E-state index >= 15 is 0 Å². The molecule has 0 aliphatic heterocycles. The van der Waals surface area contributed by atoms with E-state index in [1.54, 1.807) is 38.2 Å². The molecule has 3 rings (SSSR count). The first-order valence-electron chi connectivity index (χ1n) is 10.5. The SMILES string of the molecule is CC(C)N(C)c1cc2cc(CC(O)(CC(C)(C)c3cccc(F)c3)C(F)(F)F)[nH]c2cn1. The average Bonchev–Trinajstić information content (AvgIpc) is 3.06. The van der Waals surface area contributed by atoms with Crippen molar-refractivity contribution >= 4 is 16.7 Å². The fraction of sp³-hybridized carbons (Fsp3) is 0.458. The van der Waals surface area contributed by atoms with Crippen molar-refractivity contribution in [3.63, 3.8) is 0 Å². The lowest BCUT2D eigenvalue weighted by atomic mass is 9.73. The number of pyridine rings is 1. The van der Waals surface area contributed by atoms with Gasteiger partial charge in [-0.2, -0.15) is 13.2 Å². The Balaban J connectivity index is 1.94. The maximum Gasteiger partial charge on any atom is 0.417 e. The zero-order valence-corrected chi connectivity index (χ0v) is 18.9. The Morgan fingerprint density at radius 1 is 1.12 bits per heavy atom. The first kappa shape index (κ1) is 24.0. The number of nitrogens with zero attached hydrogens (tertiary/aromatic N) is 2. The molecule has 0 radical (unpaired) electrons. The number of benzene rings is 1. The number of hydrogen-bond acceptors (Lipinski definition) is 3. The van der Waals surface area contributed by atoms with E-state index in [9.17, 15) is 22.7 Å². The molecule has 0 bridgehead atoms. The summed E-state index contributed by atoms with van der Waals surface area (Å²) in [6.45, 7) is 7.17. The molecule has 8 heteroatoms. The van der Waals surface area contributed by atoms with Crippen LogP contribution in [0.3, 0.4) is 0 Å². The van der Waals surface area contributed by atoms with Gasteiger partial charge in [-0.25, -0.2) is 9.37 Å². The van der Waals surface area contributed by atoms with Gasteiger partial charge in [-0.15, -0.1) is 0 Å². The third-order valence-electron chi connectivity index (χ3n) is 6.03. The van der Waals surface area contributed by atoms with Crippen LogP contribution in [-0.2, 0) is 11.8 Å². The van der Waals surface area contributed by atoms with Crippen molar-refractivity contribution in [3.8, 4) is 0 Å². The lowest BCUT2D eigenvalue weighted by Crippen LogP contribution is -2.50. The third kappa shape index (κ3) is 4.90. The molecule has 174 valence electrons. The normalized spacial score (nSPS) is 14.7. The zero-order chi connectivity index (χ0) is 23.9. The highest BCUT2D eigenvalue weighted by molar-refractivity contribution is 5.82. The number of anilines is 1. The molecule has 32 heavy (non-hydrogen) atoms. The minimum Gasteiger partial charge on any atom is -0.380 e. The van der Waals surface area contributed by atoms with E-state index in [0.717, 1.165) is 0 Å². The van der Waals surface area contributed by atoms with Crippen LogP contribution >= 0.6 is 0 Å². The fourth-order valence-corrected chi connectivity index (χ4v) is 3.95. The second-order valence-corrected chi connectivity index (χ2v) is 9.41. The summed E-state index contributed by atoms with van der Waals surface area (Å²) in [6, 6.07) is 9.09. The van der Waals surface area contributed by atoms with Gasteiger partial charge in [-0.3, -0.25) is 0 Å². The molecule has 0 aliphatic rings. The van der Waals surface area contributed by atoms with Gasteiger partial charge < -0.3 is 15.0 Å². The van der Waals surface area contributed by atoms with Gasteiger partial charge in [-0.1, -0.05) is 26.0 Å². The van der Waals surface area contributed by atoms with E-state index in [1.807, 2.05) is 25.8 Å². The number of aromatic amines is 1. The molecule has 2 heterocycles. The van der Waals surface area contributed by atoms with Crippen molar-refractivity contribution in [1.29, 1.82) is 0 Å². The molecular formula is C24H29F4N3O. The predicted molar refractivity (Wildman–Crippen MR) is 118 cm³/mol. The van der Waals surface area contributed by atoms with E-state index in [-0.39, 0.29) is 11.7 Å². The molecule has 0 spiro atoms. The van der Waals surface area contributed by atoms with Crippen molar-refractivity contribution in [2.45, 2.75) is 63.8 Å². The van der Waals surface area contributed by atoms with Crippen LogP contribution in [0.2, 0.25) is 0 Å². The lowest BCUT2D eigenvalue weighted by Gasteiger charge is -2.38. The number of H-pyrrole nitrogens is 1. The summed E-state index contributed by atoms with van der Waals surface area (Å²) in [5.74, 6) is 0.174. The summed E-state index contributed by atoms with van der Waals surface area (Å²) in [5, 5.41) is 11.6. The molecule has 0 saturated carbocycles. The molecule has 0 amide bonds. The van der Waals surface area contributed by atoms with E-state index in [1.165, 1.54) is 18.2 Å². The van der Waals surface area contributed by atoms with Gasteiger partial charge in [-0.05, 0) is 55.5 Å². The minimum atomic E-state index is -4.88. The average molecular weight is 452 g/mol. The van der Waals surface area contributed by atoms with Crippen molar-refractivity contribution in [3.05, 3.63) is 59.7 Å². The van der Waals surface area contributed by atoms with Crippen LogP contribution in [0.5, 0.6) is 0 Å². The predicted octanol–water partition coefficient (Wildman–Crippen LogP) is 5.75. The molecule has 1 atom stereocenters. The molecule has 3 aromatic rings. The summed E-state index contributed by atoms with van der Waals surface area (Å²) in [6.07, 6.45) is -4.58. The standard InChI is InChI=1S/C24H29F4N3O/c1-15(2)31(5)21-10-16-9-19(30-20(16)13-29-21)12-23(32,24(26,27)28)14-22(3,4)17-7-6-8-18(25)11-17/h6-11,13,15,30,32H,12,14H2,1-5H3. The monoisotopic (exact) mass is 451 g/mol. The molecule has 4 nitrogen and oxygen atoms in total. The Kier molecular flexibility index (Phi) is 6.30. The Bertz CT molecular complexity index is 1090. The van der Waals surface area contributed by atoms with Crippen LogP contribution in [0, 0.1) is 5.82 Å². The summed E-state index contributed by atoms with van der Waals surface area (Å²) < 4.78 is 55.9. The first-order valence-corrected chi connectivity index (χ1v) is 10.5. The molecule has 0 aliphatic carbocycles. The minimum absolute atomic E-state index is 0.207. The lowest BCUT2D eigenvalue weighted by molar-refractivity contribution is -0.266. The molecule has 1 unspecified atom stereocenters. The second-order valence-electron chi connectivity index (χ2n) is 9.41. The van der Waals surface area contributed by atoms with Crippen molar-refractivity contribution in [2.75, 3.05) is 11.9 Å². The van der Waals surface area contributed by atoms with Gasteiger partial charge in [0.15, 0.2) is 5.60 Å². The highest BCUT2D eigenvalue weighted by atomic mass is 19.4. The van der Waals surface area contributed by atoms with Gasteiger partial charge in [0.1, 0.15) is 11.6 Å². The van der Waals surface area contributed by atoms with Crippen LogP contribution in [0.1, 0.15) is 45.4 Å². The molecule has 2 N–H and O–H groups in total. The fourth-order valence-electron chi connectivity index (χ4n) is 3.95. The number of fused-ring (bicyclic) bond motifs is 1. The summed E-state index contributed by atoms with van der Waals surface area (Å²) >= 11 is 0. The number of halogens is 4. The summed E-state index contributed by atoms with van der Waals surface area (Å²) in [5.41, 5.74) is -2.89. The second kappa shape index (κ2) is 8.39. The van der Waals surface area contributed by atoms with Gasteiger partial charge in [0.25, 0.3) is 0 Å². The highest BCUT2D eigenvalue weighted by Crippen LogP contribution is 2.43. The third-order valence-corrected chi connectivity index (χ3v) is 6.03. The zero-order valence-electron chi connectivity index (χ0n) is 18.9. The van der Waals surface area contributed by atoms with Crippen LogP contribution in [0.25, 0.3) is 10.9 Å². The maximum absolute atomic E-state index is 14.1. The quantitative estimate of drug-likeness (QED) is 0.450. The molecular weight excluding hydrogens is 422 g/mol. The Morgan fingerprint density at radius 3 is 2.41 bits per heavy atom. The number of aliphatic hydroxyl groups is 1. The maximum atomic E-state index is 14.1. The number of aromatic nitrogens is 2. The van der Waals surface area contributed by atoms with Crippen molar-refractivity contribution < 1.29 is 22.7 Å². The molecule has 2 aromatic heterocycles. The topological polar surface area (TPSA) is 52.1 Å². The Labute approximate surface area is 185 Å². The van der Waals surface area contributed by atoms with Gasteiger partial charge >= 0.3 is 6.18 Å². The largest absolute Gasteiger partial charge is 0.417 e. The van der Waals surface area contributed by atoms with E-state index in [2.05, 4.69) is 9.97 Å².